The molecule has 0 saturated carbocycles. The molecule has 0 bridgehead atoms. The summed E-state index contributed by atoms with van der Waals surface area (Å²) < 4.78 is 0. The zero-order valence-electron chi connectivity index (χ0n) is 5.26. The van der Waals surface area contributed by atoms with Gasteiger partial charge in [-0.05, 0) is 25.1 Å². The van der Waals surface area contributed by atoms with Crippen LogP contribution >= 0.6 is 0 Å². The standard InChI is InChI=1S/C7H8NO/c1-6-3-2-4-7(5-9)8-6/h3-4,9H,5H2,1H3. The molecule has 1 aromatic heterocycles. The number of hydrogen-bond acceptors (Lipinski definition) is 2. The first-order valence-corrected chi connectivity index (χ1v) is 2.77. The lowest BCUT2D eigenvalue weighted by Crippen LogP contribution is -1.89. The van der Waals surface area contributed by atoms with Crippen LogP contribution in [-0.4, -0.2) is 10.1 Å². The Hall–Kier alpha value is -0.890. The third kappa shape index (κ3) is 1.50. The van der Waals surface area contributed by atoms with E-state index in [-0.39, 0.29) is 6.61 Å². The number of rotatable bonds is 1. The van der Waals surface area contributed by atoms with Gasteiger partial charge in [-0.3, -0.25) is 4.98 Å². The summed E-state index contributed by atoms with van der Waals surface area (Å²) in [4.78, 5) is 4.01. The van der Waals surface area contributed by atoms with Crippen molar-refractivity contribution in [3.05, 3.63) is 29.6 Å². The summed E-state index contributed by atoms with van der Waals surface area (Å²) in [7, 11) is 0. The Bertz CT molecular complexity index is 198. The van der Waals surface area contributed by atoms with Crippen LogP contribution in [0.3, 0.4) is 0 Å². The molecule has 1 radical (unpaired) electrons. The van der Waals surface area contributed by atoms with E-state index >= 15 is 0 Å². The molecule has 0 spiro atoms. The van der Waals surface area contributed by atoms with Gasteiger partial charge in [0.25, 0.3) is 0 Å². The first-order valence-electron chi connectivity index (χ1n) is 2.77. The van der Waals surface area contributed by atoms with Gasteiger partial charge in [-0.25, -0.2) is 0 Å². The van der Waals surface area contributed by atoms with Crippen LogP contribution in [0.5, 0.6) is 0 Å². The van der Waals surface area contributed by atoms with Crippen LogP contribution in [0.1, 0.15) is 11.4 Å². The number of aromatic nitrogens is 1. The molecule has 0 unspecified atom stereocenters. The minimum Gasteiger partial charge on any atom is -0.390 e. The van der Waals surface area contributed by atoms with Crippen molar-refractivity contribution in [1.82, 2.24) is 4.98 Å². The topological polar surface area (TPSA) is 33.1 Å². The van der Waals surface area contributed by atoms with Crippen molar-refractivity contribution in [2.75, 3.05) is 0 Å². The number of hydrogen-bond donors (Lipinski definition) is 1. The fourth-order valence-electron chi connectivity index (χ4n) is 0.631. The van der Waals surface area contributed by atoms with Gasteiger partial charge in [0.15, 0.2) is 0 Å². The number of aliphatic hydroxyl groups excluding tert-OH is 1. The van der Waals surface area contributed by atoms with E-state index in [1.165, 1.54) is 0 Å². The van der Waals surface area contributed by atoms with Crippen LogP contribution in [0, 0.1) is 13.0 Å². The Morgan fingerprint density at radius 1 is 1.67 bits per heavy atom. The summed E-state index contributed by atoms with van der Waals surface area (Å²) in [6, 6.07) is 6.31. The molecule has 0 atom stereocenters. The molecule has 0 aromatic carbocycles. The molecule has 0 aliphatic carbocycles. The molecule has 0 aliphatic rings. The minimum absolute atomic E-state index is 0.00181. The zero-order chi connectivity index (χ0) is 6.69. The number of pyridine rings is 1. The van der Waals surface area contributed by atoms with Gasteiger partial charge in [-0.15, -0.1) is 0 Å². The van der Waals surface area contributed by atoms with Crippen LogP contribution in [0.25, 0.3) is 0 Å². The molecular formula is C7H8NO. The summed E-state index contributed by atoms with van der Waals surface area (Å²) in [5, 5.41) is 8.58. The average molecular weight is 122 g/mol. The largest absolute Gasteiger partial charge is 0.390 e. The van der Waals surface area contributed by atoms with Crippen LogP contribution in [0.15, 0.2) is 12.1 Å². The highest BCUT2D eigenvalue weighted by atomic mass is 16.3. The van der Waals surface area contributed by atoms with Crippen molar-refractivity contribution in [1.29, 1.82) is 0 Å². The Morgan fingerprint density at radius 3 is 2.89 bits per heavy atom. The Balaban J connectivity index is 2.94. The highest BCUT2D eigenvalue weighted by molar-refractivity contribution is 5.07. The summed E-state index contributed by atoms with van der Waals surface area (Å²) >= 11 is 0. The maximum atomic E-state index is 8.58. The first-order chi connectivity index (χ1) is 4.33. The molecule has 1 rings (SSSR count). The highest BCUT2D eigenvalue weighted by Crippen LogP contribution is 1.95. The lowest BCUT2D eigenvalue weighted by molar-refractivity contribution is 0.276. The van der Waals surface area contributed by atoms with E-state index in [1.807, 2.05) is 6.92 Å². The predicted octanol–water partition coefficient (Wildman–Crippen LogP) is 0.683. The molecule has 0 amide bonds. The fraction of sp³-hybridized carbons (Fsp3) is 0.286. The van der Waals surface area contributed by atoms with E-state index in [1.54, 1.807) is 12.1 Å². The smallest absolute Gasteiger partial charge is 0.0853 e. The van der Waals surface area contributed by atoms with Gasteiger partial charge in [-0.2, -0.15) is 0 Å². The molecule has 1 N–H and O–H groups in total. The molecular weight excluding hydrogens is 114 g/mol. The Kier molecular flexibility index (Phi) is 1.80. The molecule has 47 valence electrons. The number of aliphatic hydroxyl groups is 1. The van der Waals surface area contributed by atoms with Gasteiger partial charge in [-0.1, -0.05) is 0 Å². The van der Waals surface area contributed by atoms with Gasteiger partial charge in [0.1, 0.15) is 0 Å². The van der Waals surface area contributed by atoms with Gasteiger partial charge in [0, 0.05) is 5.69 Å². The van der Waals surface area contributed by atoms with E-state index in [2.05, 4.69) is 11.1 Å². The monoisotopic (exact) mass is 122 g/mol. The molecule has 1 aromatic rings. The van der Waals surface area contributed by atoms with Crippen molar-refractivity contribution in [3.63, 3.8) is 0 Å². The van der Waals surface area contributed by atoms with E-state index in [9.17, 15) is 0 Å². The van der Waals surface area contributed by atoms with Crippen LogP contribution < -0.4 is 0 Å². The summed E-state index contributed by atoms with van der Waals surface area (Å²) in [6.07, 6.45) is 0. The first kappa shape index (κ1) is 6.23. The maximum absolute atomic E-state index is 8.58. The average Bonchev–Trinajstić information content (AvgIpc) is 1.88. The minimum atomic E-state index is -0.00181. The van der Waals surface area contributed by atoms with Gasteiger partial charge in [0.05, 0.1) is 12.3 Å². The normalized spacial score (nSPS) is 9.56. The van der Waals surface area contributed by atoms with E-state index < -0.39 is 0 Å². The lowest BCUT2D eigenvalue weighted by atomic mass is 10.3. The van der Waals surface area contributed by atoms with Crippen molar-refractivity contribution >= 4 is 0 Å². The maximum Gasteiger partial charge on any atom is 0.0853 e. The quantitative estimate of drug-likeness (QED) is 0.594. The van der Waals surface area contributed by atoms with Gasteiger partial charge >= 0.3 is 0 Å². The molecule has 9 heavy (non-hydrogen) atoms. The van der Waals surface area contributed by atoms with E-state index in [0.29, 0.717) is 5.69 Å². The fourth-order valence-corrected chi connectivity index (χ4v) is 0.631. The second-order valence-corrected chi connectivity index (χ2v) is 1.86. The van der Waals surface area contributed by atoms with E-state index in [4.69, 9.17) is 5.11 Å². The molecule has 2 nitrogen and oxygen atoms in total. The van der Waals surface area contributed by atoms with E-state index in [0.717, 1.165) is 5.69 Å². The van der Waals surface area contributed by atoms with Crippen molar-refractivity contribution < 1.29 is 5.11 Å². The molecule has 0 fully saturated rings. The second kappa shape index (κ2) is 2.60. The van der Waals surface area contributed by atoms with Crippen LogP contribution in [-0.2, 0) is 6.61 Å². The van der Waals surface area contributed by atoms with Gasteiger partial charge < -0.3 is 5.11 Å². The number of nitrogens with zero attached hydrogens (tertiary/aromatic N) is 1. The molecule has 0 aliphatic heterocycles. The van der Waals surface area contributed by atoms with Crippen molar-refractivity contribution in [2.24, 2.45) is 0 Å². The SMILES string of the molecule is Cc1c[c]cc(CO)n1. The molecule has 1 heterocycles. The Morgan fingerprint density at radius 2 is 2.44 bits per heavy atom. The van der Waals surface area contributed by atoms with Crippen molar-refractivity contribution in [3.8, 4) is 0 Å². The Labute approximate surface area is 54.2 Å². The molecule has 2 heteroatoms. The molecule has 0 saturated heterocycles. The predicted molar refractivity (Wildman–Crippen MR) is 33.7 cm³/mol. The highest BCUT2D eigenvalue weighted by Gasteiger charge is 1.88. The lowest BCUT2D eigenvalue weighted by Gasteiger charge is -1.93. The van der Waals surface area contributed by atoms with Gasteiger partial charge in [0.2, 0.25) is 0 Å². The third-order valence-corrected chi connectivity index (χ3v) is 1.02. The van der Waals surface area contributed by atoms with Crippen LogP contribution in [0.2, 0.25) is 0 Å². The van der Waals surface area contributed by atoms with Crippen molar-refractivity contribution in [2.45, 2.75) is 13.5 Å². The number of aryl methyl sites for hydroxylation is 1. The zero-order valence-corrected chi connectivity index (χ0v) is 5.26. The summed E-state index contributed by atoms with van der Waals surface area (Å²) in [5.74, 6) is 0. The van der Waals surface area contributed by atoms with Crippen LogP contribution in [0.4, 0.5) is 0 Å². The third-order valence-electron chi connectivity index (χ3n) is 1.02. The second-order valence-electron chi connectivity index (χ2n) is 1.86. The summed E-state index contributed by atoms with van der Waals surface area (Å²) in [5.41, 5.74) is 1.57. The summed E-state index contributed by atoms with van der Waals surface area (Å²) in [6.45, 7) is 1.87.